The van der Waals surface area contributed by atoms with Gasteiger partial charge in [0.05, 0.1) is 0 Å². The summed E-state index contributed by atoms with van der Waals surface area (Å²) in [5.41, 5.74) is 1.24. The maximum absolute atomic E-state index is 4.30. The van der Waals surface area contributed by atoms with Crippen LogP contribution in [0.2, 0.25) is 0 Å². The zero-order valence-electron chi connectivity index (χ0n) is 9.01. The van der Waals surface area contributed by atoms with E-state index in [0.29, 0.717) is 0 Å². The summed E-state index contributed by atoms with van der Waals surface area (Å²) in [6.07, 6.45) is 2.98. The molecule has 14 heavy (non-hydrogen) atoms. The summed E-state index contributed by atoms with van der Waals surface area (Å²) in [5.74, 6) is 0.999. The van der Waals surface area contributed by atoms with E-state index in [9.17, 15) is 0 Å². The van der Waals surface area contributed by atoms with E-state index < -0.39 is 0 Å². The lowest BCUT2D eigenvalue weighted by molar-refractivity contribution is 0.674. The fourth-order valence-corrected chi connectivity index (χ4v) is 1.31. The number of hydrogen-bond acceptors (Lipinski definition) is 3. The number of pyridine rings is 1. The summed E-state index contributed by atoms with van der Waals surface area (Å²) < 4.78 is 0. The Morgan fingerprint density at radius 1 is 1.36 bits per heavy atom. The van der Waals surface area contributed by atoms with E-state index in [1.54, 1.807) is 0 Å². The molecule has 0 saturated heterocycles. The quantitative estimate of drug-likeness (QED) is 0.679. The van der Waals surface area contributed by atoms with Crippen molar-refractivity contribution >= 4 is 5.82 Å². The van der Waals surface area contributed by atoms with Gasteiger partial charge in [-0.25, -0.2) is 4.98 Å². The van der Waals surface area contributed by atoms with Crippen LogP contribution in [0.5, 0.6) is 0 Å². The Hall–Kier alpha value is -1.09. The maximum atomic E-state index is 4.30. The first-order chi connectivity index (χ1) is 6.88. The Labute approximate surface area is 85.9 Å². The second kappa shape index (κ2) is 6.38. The monoisotopic (exact) mass is 193 g/mol. The van der Waals surface area contributed by atoms with E-state index >= 15 is 0 Å². The molecule has 3 nitrogen and oxygen atoms in total. The number of anilines is 1. The second-order valence-electron chi connectivity index (χ2n) is 3.22. The number of aromatic nitrogens is 1. The molecule has 1 heterocycles. The lowest BCUT2D eigenvalue weighted by Crippen LogP contribution is -2.15. The molecule has 1 aromatic heterocycles. The van der Waals surface area contributed by atoms with Crippen LogP contribution < -0.4 is 10.6 Å². The Bertz CT molecular complexity index is 260. The second-order valence-corrected chi connectivity index (χ2v) is 3.22. The fraction of sp³-hybridized carbons (Fsp3) is 0.545. The number of hydrogen-bond donors (Lipinski definition) is 2. The highest BCUT2D eigenvalue weighted by Gasteiger charge is 2.00. The van der Waals surface area contributed by atoms with Crippen LogP contribution in [0.15, 0.2) is 18.3 Å². The molecule has 0 radical (unpaired) electrons. The van der Waals surface area contributed by atoms with Gasteiger partial charge in [-0.15, -0.1) is 0 Å². The molecule has 0 unspecified atom stereocenters. The van der Waals surface area contributed by atoms with Crippen LogP contribution in [0.4, 0.5) is 5.82 Å². The van der Waals surface area contributed by atoms with Gasteiger partial charge in [-0.1, -0.05) is 13.0 Å². The first-order valence-corrected chi connectivity index (χ1v) is 5.27. The molecular formula is C11H19N3. The highest BCUT2D eigenvalue weighted by Crippen LogP contribution is 2.10. The van der Waals surface area contributed by atoms with E-state index in [2.05, 4.69) is 35.5 Å². The van der Waals surface area contributed by atoms with Gasteiger partial charge in [-0.05, 0) is 26.0 Å². The molecule has 0 aromatic carbocycles. The first-order valence-electron chi connectivity index (χ1n) is 5.27. The van der Waals surface area contributed by atoms with Gasteiger partial charge in [0, 0.05) is 24.8 Å². The highest BCUT2D eigenvalue weighted by atomic mass is 15.0. The van der Waals surface area contributed by atoms with Gasteiger partial charge in [0.25, 0.3) is 0 Å². The van der Waals surface area contributed by atoms with Crippen LogP contribution in [0, 0.1) is 0 Å². The zero-order valence-corrected chi connectivity index (χ0v) is 9.01. The molecule has 0 aliphatic rings. The van der Waals surface area contributed by atoms with Crippen LogP contribution in [-0.2, 0) is 6.54 Å². The SMILES string of the molecule is CCCNCc1cccnc1NCC. The van der Waals surface area contributed by atoms with Gasteiger partial charge in [0.15, 0.2) is 0 Å². The van der Waals surface area contributed by atoms with Crippen molar-refractivity contribution in [3.8, 4) is 0 Å². The largest absolute Gasteiger partial charge is 0.370 e. The average molecular weight is 193 g/mol. The molecule has 1 rings (SSSR count). The fourth-order valence-electron chi connectivity index (χ4n) is 1.31. The predicted octanol–water partition coefficient (Wildman–Crippen LogP) is 2.01. The van der Waals surface area contributed by atoms with E-state index in [0.717, 1.165) is 31.9 Å². The third kappa shape index (κ3) is 3.34. The molecule has 0 atom stereocenters. The number of rotatable bonds is 6. The lowest BCUT2D eigenvalue weighted by Gasteiger charge is -2.09. The van der Waals surface area contributed by atoms with Gasteiger partial charge in [-0.3, -0.25) is 0 Å². The molecular weight excluding hydrogens is 174 g/mol. The number of nitrogens with one attached hydrogen (secondary N) is 2. The summed E-state index contributed by atoms with van der Waals surface area (Å²) in [7, 11) is 0. The average Bonchev–Trinajstić information content (AvgIpc) is 2.21. The molecule has 0 saturated carbocycles. The van der Waals surface area contributed by atoms with Gasteiger partial charge in [-0.2, -0.15) is 0 Å². The Balaban J connectivity index is 2.55. The molecule has 1 aromatic rings. The van der Waals surface area contributed by atoms with E-state index in [1.165, 1.54) is 5.56 Å². The van der Waals surface area contributed by atoms with Crippen LogP contribution in [0.3, 0.4) is 0 Å². The van der Waals surface area contributed by atoms with Crippen LogP contribution in [0.25, 0.3) is 0 Å². The van der Waals surface area contributed by atoms with Crippen LogP contribution >= 0.6 is 0 Å². The van der Waals surface area contributed by atoms with E-state index in [1.807, 2.05) is 12.3 Å². The third-order valence-corrected chi connectivity index (χ3v) is 1.98. The minimum absolute atomic E-state index is 0.893. The Morgan fingerprint density at radius 3 is 2.93 bits per heavy atom. The van der Waals surface area contributed by atoms with Crippen molar-refractivity contribution in [3.05, 3.63) is 23.9 Å². The standard InChI is InChI=1S/C11H19N3/c1-3-7-12-9-10-6-5-8-14-11(10)13-4-2/h5-6,8,12H,3-4,7,9H2,1-2H3,(H,13,14). The summed E-state index contributed by atoms with van der Waals surface area (Å²) >= 11 is 0. The summed E-state index contributed by atoms with van der Waals surface area (Å²) in [4.78, 5) is 4.30. The minimum Gasteiger partial charge on any atom is -0.370 e. The lowest BCUT2D eigenvalue weighted by atomic mass is 10.2. The normalized spacial score (nSPS) is 10.1. The third-order valence-electron chi connectivity index (χ3n) is 1.98. The summed E-state index contributed by atoms with van der Waals surface area (Å²) in [6, 6.07) is 4.08. The van der Waals surface area contributed by atoms with Crippen molar-refractivity contribution in [1.29, 1.82) is 0 Å². The van der Waals surface area contributed by atoms with E-state index in [-0.39, 0.29) is 0 Å². The van der Waals surface area contributed by atoms with Gasteiger partial charge < -0.3 is 10.6 Å². The molecule has 0 spiro atoms. The molecule has 0 aliphatic carbocycles. The maximum Gasteiger partial charge on any atom is 0.130 e. The predicted molar refractivity (Wildman–Crippen MR) is 60.4 cm³/mol. The van der Waals surface area contributed by atoms with Crippen molar-refractivity contribution < 1.29 is 0 Å². The minimum atomic E-state index is 0.893. The molecule has 78 valence electrons. The van der Waals surface area contributed by atoms with Crippen molar-refractivity contribution in [2.45, 2.75) is 26.8 Å². The summed E-state index contributed by atoms with van der Waals surface area (Å²) in [5, 5.41) is 6.62. The smallest absolute Gasteiger partial charge is 0.130 e. The number of nitrogens with zero attached hydrogens (tertiary/aromatic N) is 1. The molecule has 3 heteroatoms. The van der Waals surface area contributed by atoms with Crippen molar-refractivity contribution in [1.82, 2.24) is 10.3 Å². The molecule has 0 amide bonds. The van der Waals surface area contributed by atoms with Crippen molar-refractivity contribution in [3.63, 3.8) is 0 Å². The van der Waals surface area contributed by atoms with E-state index in [4.69, 9.17) is 0 Å². The van der Waals surface area contributed by atoms with Gasteiger partial charge in [0.1, 0.15) is 5.82 Å². The topological polar surface area (TPSA) is 37.0 Å². The highest BCUT2D eigenvalue weighted by molar-refractivity contribution is 5.43. The van der Waals surface area contributed by atoms with Crippen LogP contribution in [0.1, 0.15) is 25.8 Å². The molecule has 0 aliphatic heterocycles. The van der Waals surface area contributed by atoms with Crippen molar-refractivity contribution in [2.75, 3.05) is 18.4 Å². The van der Waals surface area contributed by atoms with Crippen molar-refractivity contribution in [2.24, 2.45) is 0 Å². The first kappa shape index (κ1) is 11.0. The summed E-state index contributed by atoms with van der Waals surface area (Å²) in [6.45, 7) is 7.11. The van der Waals surface area contributed by atoms with Gasteiger partial charge in [0.2, 0.25) is 0 Å². The Morgan fingerprint density at radius 2 is 2.21 bits per heavy atom. The van der Waals surface area contributed by atoms with Crippen LogP contribution in [-0.4, -0.2) is 18.1 Å². The molecule has 0 fully saturated rings. The molecule has 0 bridgehead atoms. The van der Waals surface area contributed by atoms with Gasteiger partial charge >= 0.3 is 0 Å². The zero-order chi connectivity index (χ0) is 10.2. The molecule has 2 N–H and O–H groups in total. The Kier molecular flexibility index (Phi) is 5.00.